The van der Waals surface area contributed by atoms with Crippen molar-refractivity contribution in [2.75, 3.05) is 5.73 Å². The van der Waals surface area contributed by atoms with Crippen LogP contribution in [0, 0.1) is 0 Å². The van der Waals surface area contributed by atoms with E-state index in [1.807, 2.05) is 24.3 Å². The van der Waals surface area contributed by atoms with E-state index in [4.69, 9.17) is 27.2 Å². The Bertz CT molecular complexity index is 223. The standard InChI is InChI=1S/C7H8ClN.CH2O2/c8-5-6-1-3-7(9)4-2-6;2-1-3/h1-4H,5,9H2;1H,(H,2,3). The van der Waals surface area contributed by atoms with Gasteiger partial charge in [-0.15, -0.1) is 11.6 Å². The molecule has 0 fully saturated rings. The van der Waals surface area contributed by atoms with Crippen molar-refractivity contribution in [2.45, 2.75) is 5.88 Å². The molecule has 3 nitrogen and oxygen atoms in total. The maximum absolute atomic E-state index is 8.36. The van der Waals surface area contributed by atoms with Gasteiger partial charge in [0, 0.05) is 11.6 Å². The van der Waals surface area contributed by atoms with Crippen LogP contribution in [0.15, 0.2) is 24.3 Å². The number of rotatable bonds is 1. The van der Waals surface area contributed by atoms with E-state index in [9.17, 15) is 0 Å². The molecule has 1 aromatic rings. The van der Waals surface area contributed by atoms with Crippen LogP contribution in [0.5, 0.6) is 0 Å². The average molecular weight is 188 g/mol. The normalized spacial score (nSPS) is 8.08. The third-order valence-corrected chi connectivity index (χ3v) is 1.44. The van der Waals surface area contributed by atoms with Gasteiger partial charge in [-0.1, -0.05) is 12.1 Å². The first kappa shape index (κ1) is 10.8. The topological polar surface area (TPSA) is 63.3 Å². The molecular weight excluding hydrogens is 178 g/mol. The van der Waals surface area contributed by atoms with E-state index in [0.29, 0.717) is 5.88 Å². The van der Waals surface area contributed by atoms with Gasteiger partial charge in [0.2, 0.25) is 0 Å². The Kier molecular flexibility index (Phi) is 5.83. The molecule has 0 saturated carbocycles. The second-order valence-corrected chi connectivity index (χ2v) is 2.25. The summed E-state index contributed by atoms with van der Waals surface area (Å²) in [7, 11) is 0. The van der Waals surface area contributed by atoms with Gasteiger partial charge in [-0.2, -0.15) is 0 Å². The van der Waals surface area contributed by atoms with E-state index < -0.39 is 0 Å². The number of hydrogen-bond acceptors (Lipinski definition) is 2. The lowest BCUT2D eigenvalue weighted by molar-refractivity contribution is -0.122. The molecular formula is C8H10ClNO2. The molecule has 0 amide bonds. The number of nitrogen functional groups attached to an aromatic ring is 1. The minimum absolute atomic E-state index is 0.250. The van der Waals surface area contributed by atoms with Gasteiger partial charge in [-0.05, 0) is 17.7 Å². The van der Waals surface area contributed by atoms with Crippen molar-refractivity contribution in [2.24, 2.45) is 0 Å². The predicted molar refractivity (Wildman–Crippen MR) is 49.1 cm³/mol. The van der Waals surface area contributed by atoms with Crippen molar-refractivity contribution >= 4 is 23.8 Å². The second kappa shape index (κ2) is 6.49. The highest BCUT2D eigenvalue weighted by molar-refractivity contribution is 6.17. The number of anilines is 1. The zero-order valence-electron chi connectivity index (χ0n) is 6.40. The third-order valence-electron chi connectivity index (χ3n) is 1.13. The average Bonchev–Trinajstić information content (AvgIpc) is 2.07. The van der Waals surface area contributed by atoms with E-state index in [2.05, 4.69) is 0 Å². The van der Waals surface area contributed by atoms with Crippen LogP contribution in [0.4, 0.5) is 5.69 Å². The molecule has 0 aromatic heterocycles. The lowest BCUT2D eigenvalue weighted by atomic mass is 10.2. The molecule has 0 aliphatic heterocycles. The van der Waals surface area contributed by atoms with Gasteiger partial charge in [0.1, 0.15) is 0 Å². The maximum Gasteiger partial charge on any atom is 0.290 e. The van der Waals surface area contributed by atoms with E-state index in [1.165, 1.54) is 0 Å². The van der Waals surface area contributed by atoms with Crippen LogP contribution < -0.4 is 5.73 Å². The van der Waals surface area contributed by atoms with Crippen LogP contribution >= 0.6 is 11.6 Å². The quantitative estimate of drug-likeness (QED) is 0.400. The Hall–Kier alpha value is -1.22. The number of carboxylic acid groups (broad SMARTS) is 1. The molecule has 66 valence electrons. The zero-order valence-corrected chi connectivity index (χ0v) is 7.16. The minimum atomic E-state index is -0.250. The summed E-state index contributed by atoms with van der Waals surface area (Å²) >= 11 is 5.54. The van der Waals surface area contributed by atoms with Crippen LogP contribution in [0.3, 0.4) is 0 Å². The summed E-state index contributed by atoms with van der Waals surface area (Å²) in [5.74, 6) is 0.556. The first-order chi connectivity index (χ1) is 5.74. The van der Waals surface area contributed by atoms with Crippen molar-refractivity contribution in [1.82, 2.24) is 0 Å². The highest BCUT2D eigenvalue weighted by atomic mass is 35.5. The molecule has 0 unspecified atom stereocenters. The summed E-state index contributed by atoms with van der Waals surface area (Å²) < 4.78 is 0. The Balaban J connectivity index is 0.000000354. The van der Waals surface area contributed by atoms with Gasteiger partial charge >= 0.3 is 0 Å². The SMILES string of the molecule is Nc1ccc(CCl)cc1.O=CO. The number of nitrogens with two attached hydrogens (primary N) is 1. The van der Waals surface area contributed by atoms with Gasteiger partial charge in [0.25, 0.3) is 6.47 Å². The number of hydrogen-bond donors (Lipinski definition) is 2. The Labute approximate surface area is 75.8 Å². The van der Waals surface area contributed by atoms with Crippen molar-refractivity contribution in [3.05, 3.63) is 29.8 Å². The Morgan fingerprint density at radius 3 is 2.17 bits per heavy atom. The lowest BCUT2D eigenvalue weighted by Gasteiger charge is -1.93. The fraction of sp³-hybridized carbons (Fsp3) is 0.125. The number of halogens is 1. The summed E-state index contributed by atoms with van der Waals surface area (Å²) in [4.78, 5) is 8.36. The Morgan fingerprint density at radius 1 is 1.42 bits per heavy atom. The molecule has 0 saturated heterocycles. The minimum Gasteiger partial charge on any atom is -0.483 e. The highest BCUT2D eigenvalue weighted by Gasteiger charge is 1.86. The van der Waals surface area contributed by atoms with E-state index in [-0.39, 0.29) is 6.47 Å². The number of alkyl halides is 1. The molecule has 0 aliphatic carbocycles. The molecule has 12 heavy (non-hydrogen) atoms. The molecule has 0 atom stereocenters. The highest BCUT2D eigenvalue weighted by Crippen LogP contribution is 2.06. The van der Waals surface area contributed by atoms with E-state index >= 15 is 0 Å². The van der Waals surface area contributed by atoms with Crippen LogP contribution in [0.25, 0.3) is 0 Å². The molecule has 3 N–H and O–H groups in total. The molecule has 1 rings (SSSR count). The Morgan fingerprint density at radius 2 is 1.83 bits per heavy atom. The molecule has 0 radical (unpaired) electrons. The zero-order chi connectivity index (χ0) is 9.40. The smallest absolute Gasteiger partial charge is 0.290 e. The summed E-state index contributed by atoms with van der Waals surface area (Å²) in [6, 6.07) is 7.53. The third kappa shape index (κ3) is 4.57. The first-order valence-corrected chi connectivity index (χ1v) is 3.76. The van der Waals surface area contributed by atoms with E-state index in [1.54, 1.807) is 0 Å². The van der Waals surface area contributed by atoms with Crippen molar-refractivity contribution in [3.8, 4) is 0 Å². The molecule has 0 aliphatic rings. The monoisotopic (exact) mass is 187 g/mol. The van der Waals surface area contributed by atoms with Crippen LogP contribution in [-0.4, -0.2) is 11.6 Å². The van der Waals surface area contributed by atoms with E-state index in [0.717, 1.165) is 11.3 Å². The largest absolute Gasteiger partial charge is 0.483 e. The predicted octanol–water partition coefficient (Wildman–Crippen LogP) is 1.71. The molecule has 4 heteroatoms. The summed E-state index contributed by atoms with van der Waals surface area (Å²) in [6.45, 7) is -0.250. The fourth-order valence-electron chi connectivity index (χ4n) is 0.607. The lowest BCUT2D eigenvalue weighted by Crippen LogP contribution is -1.83. The van der Waals surface area contributed by atoms with Crippen molar-refractivity contribution in [3.63, 3.8) is 0 Å². The van der Waals surface area contributed by atoms with Crippen molar-refractivity contribution < 1.29 is 9.90 Å². The molecule has 0 heterocycles. The molecule has 0 bridgehead atoms. The number of benzene rings is 1. The first-order valence-electron chi connectivity index (χ1n) is 3.22. The second-order valence-electron chi connectivity index (χ2n) is 1.98. The van der Waals surface area contributed by atoms with Gasteiger partial charge in [0.15, 0.2) is 0 Å². The van der Waals surface area contributed by atoms with Crippen LogP contribution in [0.2, 0.25) is 0 Å². The van der Waals surface area contributed by atoms with Gasteiger partial charge in [0.05, 0.1) is 0 Å². The van der Waals surface area contributed by atoms with Crippen LogP contribution in [0.1, 0.15) is 5.56 Å². The van der Waals surface area contributed by atoms with Gasteiger partial charge in [-0.3, -0.25) is 4.79 Å². The van der Waals surface area contributed by atoms with Crippen molar-refractivity contribution in [1.29, 1.82) is 0 Å². The number of carbonyl (C=O) groups is 1. The van der Waals surface area contributed by atoms with Crippen LogP contribution in [-0.2, 0) is 10.7 Å². The maximum atomic E-state index is 8.36. The molecule has 0 spiro atoms. The van der Waals surface area contributed by atoms with Gasteiger partial charge in [-0.25, -0.2) is 0 Å². The summed E-state index contributed by atoms with van der Waals surface area (Å²) in [5, 5.41) is 6.89. The summed E-state index contributed by atoms with van der Waals surface area (Å²) in [5.41, 5.74) is 7.32. The summed E-state index contributed by atoms with van der Waals surface area (Å²) in [6.07, 6.45) is 0. The van der Waals surface area contributed by atoms with Gasteiger partial charge < -0.3 is 10.8 Å². The molecule has 1 aromatic carbocycles. The fourth-order valence-corrected chi connectivity index (χ4v) is 0.785.